The molecule has 1 rings (SSSR count). The minimum absolute atomic E-state index is 0.00491. The molecule has 0 aromatic rings. The quantitative estimate of drug-likeness (QED) is 0.366. The Morgan fingerprint density at radius 3 is 3.00 bits per heavy atom. The van der Waals surface area contributed by atoms with E-state index in [2.05, 4.69) is 5.32 Å². The topological polar surface area (TPSA) is 79.0 Å². The van der Waals surface area contributed by atoms with E-state index in [1.165, 1.54) is 0 Å². The molecule has 4 heteroatoms. The summed E-state index contributed by atoms with van der Waals surface area (Å²) in [5.41, 5.74) is 6.90. The first-order valence-corrected chi connectivity index (χ1v) is 3.48. The highest BCUT2D eigenvalue weighted by Gasteiger charge is 2.12. The molecular weight excluding hydrogens is 142 g/mol. The molecular formula is C7H11N3O. The van der Waals surface area contributed by atoms with E-state index in [0.717, 1.165) is 13.0 Å². The number of hydrogen-bond acceptors (Lipinski definition) is 4. The summed E-state index contributed by atoms with van der Waals surface area (Å²) in [5, 5.41) is 10.3. The van der Waals surface area contributed by atoms with Crippen LogP contribution in [0.2, 0.25) is 0 Å². The van der Waals surface area contributed by atoms with Crippen molar-refractivity contribution in [1.82, 2.24) is 5.32 Å². The Morgan fingerprint density at radius 1 is 1.73 bits per heavy atom. The van der Waals surface area contributed by atoms with E-state index in [4.69, 9.17) is 11.1 Å². The SMILES string of the molecule is N=C(C=O)C1=C(N)CCNC1. The largest absolute Gasteiger partial charge is 0.402 e. The van der Waals surface area contributed by atoms with E-state index < -0.39 is 0 Å². The highest BCUT2D eigenvalue weighted by Crippen LogP contribution is 2.06. The Bertz CT molecular complexity index is 220. The van der Waals surface area contributed by atoms with Crippen LogP contribution in [0.3, 0.4) is 0 Å². The third-order valence-corrected chi connectivity index (χ3v) is 1.70. The predicted molar refractivity (Wildman–Crippen MR) is 42.5 cm³/mol. The molecule has 0 unspecified atom stereocenters. The molecule has 0 radical (unpaired) electrons. The number of carbonyl (C=O) groups excluding carboxylic acids is 1. The second kappa shape index (κ2) is 3.30. The molecule has 11 heavy (non-hydrogen) atoms. The summed E-state index contributed by atoms with van der Waals surface area (Å²) >= 11 is 0. The van der Waals surface area contributed by atoms with Crippen LogP contribution in [0.4, 0.5) is 0 Å². The molecule has 0 spiro atoms. The van der Waals surface area contributed by atoms with Crippen molar-refractivity contribution in [2.75, 3.05) is 13.1 Å². The summed E-state index contributed by atoms with van der Waals surface area (Å²) in [6.45, 7) is 1.38. The van der Waals surface area contributed by atoms with Crippen LogP contribution in [0.5, 0.6) is 0 Å². The summed E-state index contributed by atoms with van der Waals surface area (Å²) < 4.78 is 0. The molecule has 0 amide bonds. The van der Waals surface area contributed by atoms with Gasteiger partial charge < -0.3 is 11.1 Å². The van der Waals surface area contributed by atoms with Crippen LogP contribution in [0.25, 0.3) is 0 Å². The monoisotopic (exact) mass is 153 g/mol. The average molecular weight is 153 g/mol. The number of carbonyl (C=O) groups is 1. The maximum Gasteiger partial charge on any atom is 0.168 e. The molecule has 0 saturated heterocycles. The van der Waals surface area contributed by atoms with Crippen molar-refractivity contribution in [3.63, 3.8) is 0 Å². The first-order valence-electron chi connectivity index (χ1n) is 3.48. The van der Waals surface area contributed by atoms with Crippen LogP contribution in [-0.2, 0) is 4.79 Å². The summed E-state index contributed by atoms with van der Waals surface area (Å²) in [5.74, 6) is 0. The van der Waals surface area contributed by atoms with Gasteiger partial charge in [0.1, 0.15) is 0 Å². The lowest BCUT2D eigenvalue weighted by Gasteiger charge is -2.16. The van der Waals surface area contributed by atoms with Crippen molar-refractivity contribution in [2.24, 2.45) is 5.73 Å². The van der Waals surface area contributed by atoms with Crippen LogP contribution in [-0.4, -0.2) is 25.1 Å². The molecule has 60 valence electrons. The molecule has 0 saturated carbocycles. The predicted octanol–water partition coefficient (Wildman–Crippen LogP) is -0.589. The molecule has 4 nitrogen and oxygen atoms in total. The van der Waals surface area contributed by atoms with Gasteiger partial charge in [0.15, 0.2) is 6.29 Å². The normalized spacial score (nSPS) is 18.2. The lowest BCUT2D eigenvalue weighted by Crippen LogP contribution is -2.31. The van der Waals surface area contributed by atoms with Crippen LogP contribution in [0, 0.1) is 5.41 Å². The highest BCUT2D eigenvalue weighted by atomic mass is 16.1. The number of nitrogens with one attached hydrogen (secondary N) is 2. The summed E-state index contributed by atoms with van der Waals surface area (Å²) in [7, 11) is 0. The van der Waals surface area contributed by atoms with Crippen LogP contribution in [0.15, 0.2) is 11.3 Å². The Balaban J connectivity index is 2.81. The van der Waals surface area contributed by atoms with Crippen molar-refractivity contribution in [2.45, 2.75) is 6.42 Å². The minimum Gasteiger partial charge on any atom is -0.402 e. The van der Waals surface area contributed by atoms with Crippen LogP contribution < -0.4 is 11.1 Å². The zero-order chi connectivity index (χ0) is 8.27. The van der Waals surface area contributed by atoms with Gasteiger partial charge in [-0.3, -0.25) is 10.2 Å². The van der Waals surface area contributed by atoms with Crippen molar-refractivity contribution in [1.29, 1.82) is 5.41 Å². The summed E-state index contributed by atoms with van der Waals surface area (Å²) in [6.07, 6.45) is 1.25. The Labute approximate surface area is 65.0 Å². The fourth-order valence-electron chi connectivity index (χ4n) is 1.04. The molecule has 0 fully saturated rings. The molecule has 0 aliphatic carbocycles. The van der Waals surface area contributed by atoms with E-state index in [9.17, 15) is 4.79 Å². The standard InChI is InChI=1S/C7H11N3O/c8-6-1-2-10-3-5(6)7(9)4-11/h4,9-10H,1-3,8H2. The molecule has 4 N–H and O–H groups in total. The first-order chi connectivity index (χ1) is 5.25. The van der Waals surface area contributed by atoms with Gasteiger partial charge >= 0.3 is 0 Å². The Morgan fingerprint density at radius 2 is 2.45 bits per heavy atom. The van der Waals surface area contributed by atoms with Crippen LogP contribution >= 0.6 is 0 Å². The van der Waals surface area contributed by atoms with Gasteiger partial charge in [-0.05, 0) is 6.42 Å². The van der Waals surface area contributed by atoms with E-state index >= 15 is 0 Å². The second-order valence-electron chi connectivity index (χ2n) is 2.46. The minimum atomic E-state index is -0.00491. The van der Waals surface area contributed by atoms with Crippen molar-refractivity contribution < 1.29 is 4.79 Å². The van der Waals surface area contributed by atoms with E-state index in [1.54, 1.807) is 0 Å². The van der Waals surface area contributed by atoms with Crippen molar-refractivity contribution in [3.05, 3.63) is 11.3 Å². The van der Waals surface area contributed by atoms with Crippen LogP contribution in [0.1, 0.15) is 6.42 Å². The second-order valence-corrected chi connectivity index (χ2v) is 2.46. The molecule has 1 heterocycles. The zero-order valence-electron chi connectivity index (χ0n) is 6.18. The van der Waals surface area contributed by atoms with Gasteiger partial charge in [-0.25, -0.2) is 0 Å². The van der Waals surface area contributed by atoms with E-state index in [-0.39, 0.29) is 5.71 Å². The first kappa shape index (κ1) is 7.94. The maximum atomic E-state index is 10.2. The number of rotatable bonds is 2. The number of nitrogens with two attached hydrogens (primary N) is 1. The van der Waals surface area contributed by atoms with Crippen molar-refractivity contribution >= 4 is 12.0 Å². The maximum absolute atomic E-state index is 10.2. The molecule has 0 aromatic carbocycles. The molecule has 0 bridgehead atoms. The molecule has 0 atom stereocenters. The average Bonchev–Trinajstić information content (AvgIpc) is 2.04. The third kappa shape index (κ3) is 1.65. The summed E-state index contributed by atoms with van der Waals surface area (Å²) in [6, 6.07) is 0. The lowest BCUT2D eigenvalue weighted by molar-refractivity contribution is -0.102. The lowest BCUT2D eigenvalue weighted by atomic mass is 10.0. The summed E-state index contributed by atoms with van der Waals surface area (Å²) in [4.78, 5) is 10.2. The Kier molecular flexibility index (Phi) is 2.38. The fraction of sp³-hybridized carbons (Fsp3) is 0.429. The van der Waals surface area contributed by atoms with Gasteiger partial charge in [0.25, 0.3) is 0 Å². The highest BCUT2D eigenvalue weighted by molar-refractivity contribution is 6.35. The van der Waals surface area contributed by atoms with Gasteiger partial charge in [0.05, 0.1) is 5.71 Å². The smallest absolute Gasteiger partial charge is 0.168 e. The van der Waals surface area contributed by atoms with Gasteiger partial charge in [0.2, 0.25) is 0 Å². The number of aldehydes is 1. The van der Waals surface area contributed by atoms with Crippen molar-refractivity contribution in [3.8, 4) is 0 Å². The van der Waals surface area contributed by atoms with Gasteiger partial charge in [-0.1, -0.05) is 0 Å². The number of hydrogen-bond donors (Lipinski definition) is 3. The van der Waals surface area contributed by atoms with E-state index in [0.29, 0.717) is 24.1 Å². The van der Waals surface area contributed by atoms with Gasteiger partial charge in [-0.2, -0.15) is 0 Å². The van der Waals surface area contributed by atoms with Gasteiger partial charge in [0, 0.05) is 24.4 Å². The Hall–Kier alpha value is -1.16. The zero-order valence-corrected chi connectivity index (χ0v) is 6.18. The molecule has 1 aliphatic heterocycles. The fourth-order valence-corrected chi connectivity index (χ4v) is 1.04. The molecule has 0 aromatic heterocycles. The third-order valence-electron chi connectivity index (χ3n) is 1.70. The van der Waals surface area contributed by atoms with Gasteiger partial charge in [-0.15, -0.1) is 0 Å². The van der Waals surface area contributed by atoms with E-state index in [1.807, 2.05) is 0 Å². The molecule has 1 aliphatic rings.